The Morgan fingerprint density at radius 1 is 1.16 bits per heavy atom. The average molecular weight is 539 g/mol. The Bertz CT molecular complexity index is 1580. The van der Waals surface area contributed by atoms with Gasteiger partial charge in [0.1, 0.15) is 16.4 Å². The van der Waals surface area contributed by atoms with Gasteiger partial charge in [-0.05, 0) is 49.4 Å². The Morgan fingerprint density at radius 2 is 1.92 bits per heavy atom. The second-order valence-electron chi connectivity index (χ2n) is 7.90. The van der Waals surface area contributed by atoms with E-state index in [1.165, 1.54) is 68.9 Å². The van der Waals surface area contributed by atoms with Crippen LogP contribution >= 0.6 is 0 Å². The monoisotopic (exact) mass is 538 g/mol. The Morgan fingerprint density at radius 3 is 2.55 bits per heavy atom. The summed E-state index contributed by atoms with van der Waals surface area (Å²) in [5, 5.41) is 21.6. The van der Waals surface area contributed by atoms with E-state index in [9.17, 15) is 28.4 Å². The lowest BCUT2D eigenvalue weighted by Gasteiger charge is -2.30. The zero-order chi connectivity index (χ0) is 27.7. The average Bonchev–Trinajstić information content (AvgIpc) is 3.16. The number of carboxylic acid groups (broad SMARTS) is 1. The summed E-state index contributed by atoms with van der Waals surface area (Å²) in [5.41, 5.74) is -2.55. The standard InChI is InChI=1S/C25H22N4O8S/c1-4-37-22-17(6-5-11-27-22)25(28-24(31)32)18-12-15(14-26)7-9-19(18)29(23(25)30)38(33,34)21-10-8-16(35-2)13-20(21)36-3/h5-13,28H,4H2,1-3H3,(H,31,32). The molecule has 0 bridgehead atoms. The van der Waals surface area contributed by atoms with Gasteiger partial charge in [-0.2, -0.15) is 9.57 Å². The third-order valence-corrected chi connectivity index (χ3v) is 7.63. The second-order valence-corrected chi connectivity index (χ2v) is 9.66. The number of pyridine rings is 1. The molecular weight excluding hydrogens is 516 g/mol. The van der Waals surface area contributed by atoms with Crippen LogP contribution in [0.25, 0.3) is 0 Å². The molecule has 0 spiro atoms. The molecule has 0 aliphatic carbocycles. The number of aromatic nitrogens is 1. The number of ether oxygens (including phenoxy) is 3. The van der Waals surface area contributed by atoms with E-state index >= 15 is 0 Å². The quantitative estimate of drug-likeness (QED) is 0.435. The lowest BCUT2D eigenvalue weighted by molar-refractivity contribution is -0.121. The molecule has 1 aliphatic heterocycles. The number of methoxy groups -OCH3 is 2. The van der Waals surface area contributed by atoms with Crippen molar-refractivity contribution < 1.29 is 37.3 Å². The summed E-state index contributed by atoms with van der Waals surface area (Å²) in [7, 11) is -2.05. The molecule has 1 unspecified atom stereocenters. The largest absolute Gasteiger partial charge is 0.497 e. The van der Waals surface area contributed by atoms with E-state index in [4.69, 9.17) is 14.2 Å². The maximum atomic E-state index is 14.3. The number of sulfonamides is 1. The van der Waals surface area contributed by atoms with Gasteiger partial charge in [0.25, 0.3) is 15.9 Å². The van der Waals surface area contributed by atoms with Gasteiger partial charge < -0.3 is 19.3 Å². The molecule has 2 aromatic carbocycles. The molecule has 2 N–H and O–H groups in total. The number of hydrogen-bond acceptors (Lipinski definition) is 9. The van der Waals surface area contributed by atoms with E-state index in [1.807, 2.05) is 6.07 Å². The third kappa shape index (κ3) is 4.00. The molecule has 0 saturated carbocycles. The van der Waals surface area contributed by atoms with Gasteiger partial charge in [0.2, 0.25) is 5.88 Å². The normalized spacial score (nSPS) is 16.4. The van der Waals surface area contributed by atoms with Gasteiger partial charge in [-0.25, -0.2) is 18.2 Å². The Balaban J connectivity index is 2.07. The van der Waals surface area contributed by atoms with E-state index in [2.05, 4.69) is 10.3 Å². The van der Waals surface area contributed by atoms with Gasteiger partial charge in [-0.15, -0.1) is 0 Å². The molecule has 0 radical (unpaired) electrons. The highest BCUT2D eigenvalue weighted by molar-refractivity contribution is 7.93. The van der Waals surface area contributed by atoms with Crippen LogP contribution in [-0.4, -0.2) is 51.3 Å². The summed E-state index contributed by atoms with van der Waals surface area (Å²) < 4.78 is 44.6. The third-order valence-electron chi connectivity index (χ3n) is 5.89. The number of anilines is 1. The fraction of sp³-hybridized carbons (Fsp3) is 0.200. The van der Waals surface area contributed by atoms with Crippen LogP contribution in [0.4, 0.5) is 10.5 Å². The van der Waals surface area contributed by atoms with Crippen molar-refractivity contribution in [2.75, 3.05) is 25.1 Å². The lowest BCUT2D eigenvalue weighted by atomic mass is 9.83. The molecule has 13 heteroatoms. The molecule has 3 aromatic rings. The Kier molecular flexibility index (Phi) is 6.84. The van der Waals surface area contributed by atoms with E-state index in [0.29, 0.717) is 10.1 Å². The molecule has 0 fully saturated rings. The van der Waals surface area contributed by atoms with Gasteiger partial charge in [0.15, 0.2) is 5.54 Å². The summed E-state index contributed by atoms with van der Waals surface area (Å²) >= 11 is 0. The summed E-state index contributed by atoms with van der Waals surface area (Å²) in [6, 6.07) is 12.6. The predicted octanol–water partition coefficient (Wildman–Crippen LogP) is 2.62. The lowest BCUT2D eigenvalue weighted by Crippen LogP contribution is -2.54. The summed E-state index contributed by atoms with van der Waals surface area (Å²) in [5.74, 6) is -1.05. The second kappa shape index (κ2) is 9.91. The topological polar surface area (TPSA) is 168 Å². The van der Waals surface area contributed by atoms with Crippen LogP contribution in [0.3, 0.4) is 0 Å². The molecule has 4 rings (SSSR count). The van der Waals surface area contributed by atoms with E-state index in [0.717, 1.165) is 0 Å². The summed E-state index contributed by atoms with van der Waals surface area (Å²) in [6.07, 6.45) is -0.245. The molecule has 2 heterocycles. The maximum absolute atomic E-state index is 14.3. The summed E-state index contributed by atoms with van der Waals surface area (Å²) in [6.45, 7) is 1.79. The van der Waals surface area contributed by atoms with Crippen molar-refractivity contribution in [1.82, 2.24) is 10.3 Å². The Labute approximate surface area is 218 Å². The first-order valence-corrected chi connectivity index (χ1v) is 12.6. The van der Waals surface area contributed by atoms with E-state index < -0.39 is 27.6 Å². The van der Waals surface area contributed by atoms with Crippen molar-refractivity contribution in [2.45, 2.75) is 17.4 Å². The number of nitrogens with zero attached hydrogens (tertiary/aromatic N) is 3. The van der Waals surface area contributed by atoms with Crippen molar-refractivity contribution in [3.8, 4) is 23.4 Å². The van der Waals surface area contributed by atoms with Gasteiger partial charge in [-0.3, -0.25) is 10.1 Å². The first-order valence-electron chi connectivity index (χ1n) is 11.1. The fourth-order valence-electron chi connectivity index (χ4n) is 4.32. The molecule has 12 nitrogen and oxygen atoms in total. The van der Waals surface area contributed by atoms with Gasteiger partial charge >= 0.3 is 6.09 Å². The smallest absolute Gasteiger partial charge is 0.406 e. The minimum absolute atomic E-state index is 0.0509. The number of hydrogen-bond donors (Lipinski definition) is 2. The van der Waals surface area contributed by atoms with Crippen LogP contribution in [0.1, 0.15) is 23.6 Å². The van der Waals surface area contributed by atoms with Crippen LogP contribution in [0, 0.1) is 11.3 Å². The molecule has 1 atom stereocenters. The van der Waals surface area contributed by atoms with Crippen molar-refractivity contribution in [3.63, 3.8) is 0 Å². The van der Waals surface area contributed by atoms with E-state index in [1.54, 1.807) is 6.92 Å². The highest BCUT2D eigenvalue weighted by Gasteiger charge is 2.59. The van der Waals surface area contributed by atoms with Crippen LogP contribution in [0.5, 0.6) is 17.4 Å². The van der Waals surface area contributed by atoms with Crippen molar-refractivity contribution in [2.24, 2.45) is 0 Å². The number of benzene rings is 2. The molecule has 0 saturated heterocycles. The predicted molar refractivity (Wildman–Crippen MR) is 133 cm³/mol. The van der Waals surface area contributed by atoms with Crippen LogP contribution < -0.4 is 23.8 Å². The van der Waals surface area contributed by atoms with E-state index in [-0.39, 0.29) is 45.5 Å². The number of nitriles is 1. The number of fused-ring (bicyclic) bond motifs is 1. The first kappa shape index (κ1) is 26.2. The SMILES string of the molecule is CCOc1ncccc1C1(NC(=O)O)C(=O)N(S(=O)(=O)c2ccc(OC)cc2OC)c2ccc(C#N)cc21. The minimum atomic E-state index is -4.70. The zero-order valence-corrected chi connectivity index (χ0v) is 21.3. The number of amides is 2. The molecule has 196 valence electrons. The fourth-order valence-corrected chi connectivity index (χ4v) is 5.93. The number of nitrogens with one attached hydrogen (secondary N) is 1. The van der Waals surface area contributed by atoms with Crippen LogP contribution in [0.15, 0.2) is 59.6 Å². The van der Waals surface area contributed by atoms with Crippen LogP contribution in [-0.2, 0) is 20.4 Å². The molecule has 2 amide bonds. The zero-order valence-electron chi connectivity index (χ0n) is 20.5. The maximum Gasteiger partial charge on any atom is 0.406 e. The molecular formula is C25H22N4O8S. The Hall–Kier alpha value is -4.83. The highest BCUT2D eigenvalue weighted by Crippen LogP contribution is 2.49. The van der Waals surface area contributed by atoms with Crippen LogP contribution in [0.2, 0.25) is 0 Å². The highest BCUT2D eigenvalue weighted by atomic mass is 32.2. The number of carbonyl (C=O) groups excluding carboxylic acids is 1. The number of rotatable bonds is 8. The van der Waals surface area contributed by atoms with Crippen molar-refractivity contribution in [1.29, 1.82) is 5.26 Å². The van der Waals surface area contributed by atoms with Crippen molar-refractivity contribution in [3.05, 3.63) is 71.4 Å². The number of carbonyl (C=O) groups is 2. The van der Waals surface area contributed by atoms with Gasteiger partial charge in [-0.1, -0.05) is 0 Å². The minimum Gasteiger partial charge on any atom is -0.497 e. The van der Waals surface area contributed by atoms with Crippen molar-refractivity contribution >= 4 is 27.7 Å². The molecule has 38 heavy (non-hydrogen) atoms. The molecule has 1 aromatic heterocycles. The summed E-state index contributed by atoms with van der Waals surface area (Å²) in [4.78, 5) is 30.2. The van der Waals surface area contributed by atoms with Gasteiger partial charge in [0.05, 0.1) is 43.7 Å². The van der Waals surface area contributed by atoms with Gasteiger partial charge in [0, 0.05) is 17.8 Å². The first-order chi connectivity index (χ1) is 18.1. The molecule has 1 aliphatic rings.